The molecule has 0 radical (unpaired) electrons. The van der Waals surface area contributed by atoms with E-state index in [2.05, 4.69) is 46.2 Å². The third-order valence-electron chi connectivity index (χ3n) is 5.29. The molecule has 0 atom stereocenters. The maximum atomic E-state index is 11.4. The number of piperidine rings is 1. The molecule has 2 aromatic rings. The van der Waals surface area contributed by atoms with Crippen molar-refractivity contribution in [1.82, 2.24) is 4.90 Å². The molecule has 1 fully saturated rings. The van der Waals surface area contributed by atoms with Crippen LogP contribution in [0, 0.1) is 0 Å². The summed E-state index contributed by atoms with van der Waals surface area (Å²) < 4.78 is 5.20. The maximum Gasteiger partial charge on any atom is 0.317 e. The predicted molar refractivity (Wildman–Crippen MR) is 108 cm³/mol. The molecule has 0 unspecified atom stereocenters. The Morgan fingerprint density at radius 3 is 2.37 bits per heavy atom. The summed E-state index contributed by atoms with van der Waals surface area (Å²) in [6.45, 7) is 2.79. The summed E-state index contributed by atoms with van der Waals surface area (Å²) in [5.74, 6) is 0.0876. The number of anilines is 1. The van der Waals surface area contributed by atoms with Crippen LogP contribution in [0.15, 0.2) is 54.6 Å². The minimum Gasteiger partial charge on any atom is -0.497 e. The largest absolute Gasteiger partial charge is 0.497 e. The Bertz CT molecular complexity index is 710. The van der Waals surface area contributed by atoms with Gasteiger partial charge in [0.05, 0.1) is 13.7 Å². The van der Waals surface area contributed by atoms with Crippen LogP contribution in [-0.4, -0.2) is 55.3 Å². The zero-order valence-electron chi connectivity index (χ0n) is 15.9. The van der Waals surface area contributed by atoms with E-state index >= 15 is 0 Å². The van der Waals surface area contributed by atoms with Crippen LogP contribution < -0.4 is 9.64 Å². The average Bonchev–Trinajstić information content (AvgIpc) is 2.72. The number of aliphatic carboxylic acids is 1. The van der Waals surface area contributed by atoms with Gasteiger partial charge in [-0.05, 0) is 49.1 Å². The molecule has 1 aliphatic rings. The molecule has 0 aliphatic carbocycles. The Morgan fingerprint density at radius 1 is 1.11 bits per heavy atom. The fraction of sp³-hybridized carbons (Fsp3) is 0.409. The molecule has 0 amide bonds. The van der Waals surface area contributed by atoms with Gasteiger partial charge in [0.15, 0.2) is 0 Å². The first-order valence-electron chi connectivity index (χ1n) is 9.54. The van der Waals surface area contributed by atoms with Crippen molar-refractivity contribution in [2.24, 2.45) is 0 Å². The number of hydrogen-bond acceptors (Lipinski definition) is 4. The number of carbonyl (C=O) groups is 1. The highest BCUT2D eigenvalue weighted by molar-refractivity contribution is 5.69. The molecule has 1 N–H and O–H groups in total. The number of methoxy groups -OCH3 is 1. The molecule has 0 saturated carbocycles. The van der Waals surface area contributed by atoms with Crippen LogP contribution in [-0.2, 0) is 11.2 Å². The predicted octanol–water partition coefficient (Wildman–Crippen LogP) is 3.29. The van der Waals surface area contributed by atoms with Gasteiger partial charge < -0.3 is 14.7 Å². The van der Waals surface area contributed by atoms with E-state index in [1.807, 2.05) is 18.2 Å². The highest BCUT2D eigenvalue weighted by Gasteiger charge is 2.26. The zero-order valence-corrected chi connectivity index (χ0v) is 15.9. The van der Waals surface area contributed by atoms with Gasteiger partial charge in [0.2, 0.25) is 0 Å². The second-order valence-corrected chi connectivity index (χ2v) is 7.02. The molecule has 1 heterocycles. The van der Waals surface area contributed by atoms with Crippen molar-refractivity contribution in [3.05, 3.63) is 60.2 Å². The molecule has 0 aromatic heterocycles. The second-order valence-electron chi connectivity index (χ2n) is 7.02. The van der Waals surface area contributed by atoms with Crippen molar-refractivity contribution in [1.29, 1.82) is 0 Å². The third-order valence-corrected chi connectivity index (χ3v) is 5.29. The monoisotopic (exact) mass is 368 g/mol. The Balaban J connectivity index is 1.57. The minimum atomic E-state index is -0.754. The van der Waals surface area contributed by atoms with Crippen molar-refractivity contribution in [3.63, 3.8) is 0 Å². The van der Waals surface area contributed by atoms with Crippen molar-refractivity contribution in [2.45, 2.75) is 25.3 Å². The van der Waals surface area contributed by atoms with E-state index in [0.717, 1.165) is 44.6 Å². The standard InChI is InChI=1S/C22H28N2O3/c1-27-21-9-7-18(8-10-21)11-14-24(17-22(25)26)20-12-15-23(16-13-20)19-5-3-2-4-6-19/h2-10,20H,11-17H2,1H3,(H,25,26). The Kier molecular flexibility index (Phi) is 6.71. The van der Waals surface area contributed by atoms with Crippen molar-refractivity contribution in [3.8, 4) is 5.75 Å². The summed E-state index contributed by atoms with van der Waals surface area (Å²) in [6, 6.07) is 18.8. The number of hydrogen-bond donors (Lipinski definition) is 1. The molecule has 0 spiro atoms. The molecule has 5 nitrogen and oxygen atoms in total. The molecular formula is C22H28N2O3. The highest BCUT2D eigenvalue weighted by atomic mass is 16.5. The second kappa shape index (κ2) is 9.42. The van der Waals surface area contributed by atoms with Gasteiger partial charge in [0.1, 0.15) is 5.75 Å². The van der Waals surface area contributed by atoms with Gasteiger partial charge in [-0.3, -0.25) is 9.69 Å². The van der Waals surface area contributed by atoms with E-state index in [9.17, 15) is 9.90 Å². The van der Waals surface area contributed by atoms with Gasteiger partial charge in [-0.2, -0.15) is 0 Å². The highest BCUT2D eigenvalue weighted by Crippen LogP contribution is 2.23. The van der Waals surface area contributed by atoms with Crippen molar-refractivity contribution < 1.29 is 14.6 Å². The van der Waals surface area contributed by atoms with Crippen LogP contribution in [0.2, 0.25) is 0 Å². The van der Waals surface area contributed by atoms with Gasteiger partial charge >= 0.3 is 5.97 Å². The lowest BCUT2D eigenvalue weighted by Gasteiger charge is -2.39. The van der Waals surface area contributed by atoms with Crippen molar-refractivity contribution in [2.75, 3.05) is 38.2 Å². The number of ether oxygens (including phenoxy) is 1. The lowest BCUT2D eigenvalue weighted by Crippen LogP contribution is -2.47. The lowest BCUT2D eigenvalue weighted by atomic mass is 10.0. The van der Waals surface area contributed by atoms with Crippen LogP contribution in [0.25, 0.3) is 0 Å². The van der Waals surface area contributed by atoms with Gasteiger partial charge in [-0.25, -0.2) is 0 Å². The Morgan fingerprint density at radius 2 is 1.78 bits per heavy atom. The van der Waals surface area contributed by atoms with Crippen LogP contribution in [0.4, 0.5) is 5.69 Å². The minimum absolute atomic E-state index is 0.103. The van der Waals surface area contributed by atoms with Gasteiger partial charge in [0, 0.05) is 31.4 Å². The van der Waals surface area contributed by atoms with Gasteiger partial charge in [-0.15, -0.1) is 0 Å². The van der Waals surface area contributed by atoms with E-state index < -0.39 is 5.97 Å². The first-order chi connectivity index (χ1) is 13.2. The first kappa shape index (κ1) is 19.2. The van der Waals surface area contributed by atoms with E-state index in [4.69, 9.17) is 4.74 Å². The molecule has 0 bridgehead atoms. The molecule has 1 aliphatic heterocycles. The number of rotatable bonds is 8. The summed E-state index contributed by atoms with van der Waals surface area (Å²) in [5, 5.41) is 9.34. The quantitative estimate of drug-likeness (QED) is 0.775. The maximum absolute atomic E-state index is 11.4. The SMILES string of the molecule is COc1ccc(CCN(CC(=O)O)C2CCN(c3ccccc3)CC2)cc1. The van der Waals surface area contributed by atoms with E-state index in [1.54, 1.807) is 7.11 Å². The first-order valence-corrected chi connectivity index (χ1v) is 9.54. The van der Waals surface area contributed by atoms with Crippen LogP contribution >= 0.6 is 0 Å². The topological polar surface area (TPSA) is 53.0 Å². The van der Waals surface area contributed by atoms with E-state index in [0.29, 0.717) is 6.04 Å². The van der Waals surface area contributed by atoms with E-state index in [-0.39, 0.29) is 6.54 Å². The molecule has 1 saturated heterocycles. The number of para-hydroxylation sites is 1. The zero-order chi connectivity index (χ0) is 19.1. The molecule has 144 valence electrons. The number of benzene rings is 2. The summed E-state index contributed by atoms with van der Waals surface area (Å²) in [6.07, 6.45) is 2.83. The molecular weight excluding hydrogens is 340 g/mol. The molecule has 2 aromatic carbocycles. The Hall–Kier alpha value is -2.53. The molecule has 3 rings (SSSR count). The molecule has 5 heteroatoms. The van der Waals surface area contributed by atoms with Crippen LogP contribution in [0.1, 0.15) is 18.4 Å². The fourth-order valence-electron chi connectivity index (χ4n) is 3.76. The smallest absolute Gasteiger partial charge is 0.317 e. The summed E-state index contributed by atoms with van der Waals surface area (Å²) in [5.41, 5.74) is 2.45. The van der Waals surface area contributed by atoms with Gasteiger partial charge in [0.25, 0.3) is 0 Å². The van der Waals surface area contributed by atoms with Gasteiger partial charge in [-0.1, -0.05) is 30.3 Å². The summed E-state index contributed by atoms with van der Waals surface area (Å²) in [7, 11) is 1.66. The summed E-state index contributed by atoms with van der Waals surface area (Å²) in [4.78, 5) is 15.9. The summed E-state index contributed by atoms with van der Waals surface area (Å²) >= 11 is 0. The van der Waals surface area contributed by atoms with Crippen molar-refractivity contribution >= 4 is 11.7 Å². The number of carboxylic acids is 1. The normalized spacial score (nSPS) is 15.1. The Labute approximate surface area is 161 Å². The van der Waals surface area contributed by atoms with Crippen LogP contribution in [0.3, 0.4) is 0 Å². The number of carboxylic acid groups (broad SMARTS) is 1. The van der Waals surface area contributed by atoms with Crippen LogP contribution in [0.5, 0.6) is 5.75 Å². The average molecular weight is 368 g/mol. The number of nitrogens with zero attached hydrogens (tertiary/aromatic N) is 2. The van der Waals surface area contributed by atoms with E-state index in [1.165, 1.54) is 11.3 Å². The molecule has 27 heavy (non-hydrogen) atoms. The lowest BCUT2D eigenvalue weighted by molar-refractivity contribution is -0.139. The fourth-order valence-corrected chi connectivity index (χ4v) is 3.76. The third kappa shape index (κ3) is 5.47.